The van der Waals surface area contributed by atoms with Gasteiger partial charge in [-0.05, 0) is 29.8 Å². The highest BCUT2D eigenvalue weighted by Gasteiger charge is 2.13. The van der Waals surface area contributed by atoms with Gasteiger partial charge in [0.25, 0.3) is 5.69 Å². The summed E-state index contributed by atoms with van der Waals surface area (Å²) in [5.74, 6) is 1.18. The van der Waals surface area contributed by atoms with Gasteiger partial charge in [-0.25, -0.2) is 4.98 Å². The zero-order valence-corrected chi connectivity index (χ0v) is 18.2. The van der Waals surface area contributed by atoms with Crippen molar-refractivity contribution in [1.82, 2.24) is 14.5 Å². The minimum atomic E-state index is -0.395. The van der Waals surface area contributed by atoms with Crippen LogP contribution in [0.4, 0.5) is 5.69 Å². The van der Waals surface area contributed by atoms with Crippen molar-refractivity contribution in [3.8, 4) is 11.8 Å². The van der Waals surface area contributed by atoms with Crippen LogP contribution in [0.5, 0.6) is 5.75 Å². The molecule has 166 valence electrons. The fourth-order valence-electron chi connectivity index (χ4n) is 4.04. The average molecular weight is 449 g/mol. The van der Waals surface area contributed by atoms with Gasteiger partial charge >= 0.3 is 0 Å². The number of rotatable bonds is 6. The molecule has 2 heterocycles. The molecule has 0 fully saturated rings. The van der Waals surface area contributed by atoms with Gasteiger partial charge in [-0.2, -0.15) is 5.26 Å². The molecule has 8 heteroatoms. The third-order valence-corrected chi connectivity index (χ3v) is 5.66. The molecule has 3 aromatic carbocycles. The molecule has 0 aliphatic carbocycles. The van der Waals surface area contributed by atoms with Crippen LogP contribution in [0.15, 0.2) is 72.9 Å². The van der Waals surface area contributed by atoms with E-state index < -0.39 is 4.92 Å². The molecule has 1 N–H and O–H groups in total. The standard InChI is InChI=1S/C26H19N5O3/c1-34-21-9-10-23-24(13-21)29-26(28-23)18(14-27)12-19-16-30(25-8-3-2-7-22(19)25)15-17-5-4-6-20(11-17)31(32)33/h2-13,16H,15H2,1H3,(H,28,29)/b18-12-. The number of aromatic amines is 1. The Morgan fingerprint density at radius 3 is 2.85 bits per heavy atom. The Labute approximate surface area is 194 Å². The second-order valence-electron chi connectivity index (χ2n) is 7.79. The summed E-state index contributed by atoms with van der Waals surface area (Å²) in [4.78, 5) is 18.5. The molecule has 0 aliphatic rings. The zero-order valence-electron chi connectivity index (χ0n) is 18.2. The lowest BCUT2D eigenvalue weighted by Crippen LogP contribution is -1.98. The van der Waals surface area contributed by atoms with E-state index in [-0.39, 0.29) is 5.69 Å². The zero-order chi connectivity index (χ0) is 23.7. The van der Waals surface area contributed by atoms with Crippen LogP contribution in [0, 0.1) is 21.4 Å². The lowest BCUT2D eigenvalue weighted by molar-refractivity contribution is -0.384. The maximum Gasteiger partial charge on any atom is 0.269 e. The minimum Gasteiger partial charge on any atom is -0.497 e. The highest BCUT2D eigenvalue weighted by Crippen LogP contribution is 2.28. The summed E-state index contributed by atoms with van der Waals surface area (Å²) in [6.07, 6.45) is 3.76. The number of nitriles is 1. The Bertz CT molecular complexity index is 1620. The largest absolute Gasteiger partial charge is 0.497 e. The summed E-state index contributed by atoms with van der Waals surface area (Å²) in [7, 11) is 1.60. The van der Waals surface area contributed by atoms with E-state index in [2.05, 4.69) is 16.0 Å². The van der Waals surface area contributed by atoms with Crippen molar-refractivity contribution < 1.29 is 9.66 Å². The first-order valence-electron chi connectivity index (χ1n) is 10.5. The predicted molar refractivity (Wildman–Crippen MR) is 130 cm³/mol. The van der Waals surface area contributed by atoms with Gasteiger partial charge in [-0.15, -0.1) is 0 Å². The van der Waals surface area contributed by atoms with Gasteiger partial charge in [-0.1, -0.05) is 30.3 Å². The number of fused-ring (bicyclic) bond motifs is 2. The molecule has 0 spiro atoms. The number of benzene rings is 3. The summed E-state index contributed by atoms with van der Waals surface area (Å²) in [6.45, 7) is 0.461. The number of hydrogen-bond donors (Lipinski definition) is 1. The maximum atomic E-state index is 11.2. The molecule has 0 atom stereocenters. The van der Waals surface area contributed by atoms with Gasteiger partial charge in [0.15, 0.2) is 0 Å². The number of hydrogen-bond acceptors (Lipinski definition) is 5. The second-order valence-corrected chi connectivity index (χ2v) is 7.79. The molecule has 5 rings (SSSR count). The number of nitrogens with zero attached hydrogens (tertiary/aromatic N) is 4. The number of para-hydroxylation sites is 1. The first-order chi connectivity index (χ1) is 16.6. The molecule has 0 saturated heterocycles. The van der Waals surface area contributed by atoms with Crippen molar-refractivity contribution in [2.75, 3.05) is 7.11 Å². The van der Waals surface area contributed by atoms with Gasteiger partial charge < -0.3 is 14.3 Å². The summed E-state index contributed by atoms with van der Waals surface area (Å²) < 4.78 is 7.29. The van der Waals surface area contributed by atoms with E-state index in [0.717, 1.165) is 33.1 Å². The number of non-ortho nitro benzene ring substituents is 1. The number of nitro groups is 1. The molecule has 0 aliphatic heterocycles. The van der Waals surface area contributed by atoms with Crippen LogP contribution in [0.25, 0.3) is 33.6 Å². The van der Waals surface area contributed by atoms with Crippen LogP contribution in [0.1, 0.15) is 17.0 Å². The molecule has 5 aromatic rings. The predicted octanol–water partition coefficient (Wildman–Crippen LogP) is 5.55. The summed E-state index contributed by atoms with van der Waals surface area (Å²) in [5.41, 5.74) is 4.61. The van der Waals surface area contributed by atoms with Crippen LogP contribution >= 0.6 is 0 Å². The number of ether oxygens (including phenoxy) is 1. The monoisotopic (exact) mass is 449 g/mol. The Morgan fingerprint density at radius 1 is 1.21 bits per heavy atom. The molecule has 0 radical (unpaired) electrons. The van der Waals surface area contributed by atoms with E-state index in [0.29, 0.717) is 23.7 Å². The van der Waals surface area contributed by atoms with Crippen molar-refractivity contribution in [3.05, 3.63) is 100.0 Å². The van der Waals surface area contributed by atoms with Crippen LogP contribution < -0.4 is 4.74 Å². The number of aromatic nitrogens is 3. The highest BCUT2D eigenvalue weighted by molar-refractivity contribution is 5.98. The van der Waals surface area contributed by atoms with Crippen LogP contribution in [0.3, 0.4) is 0 Å². The first-order valence-corrected chi connectivity index (χ1v) is 10.5. The number of nitro benzene ring substituents is 1. The molecular weight excluding hydrogens is 430 g/mol. The van der Waals surface area contributed by atoms with Crippen LogP contribution in [-0.4, -0.2) is 26.6 Å². The first kappa shape index (κ1) is 21.0. The quantitative estimate of drug-likeness (QED) is 0.208. The van der Waals surface area contributed by atoms with Crippen molar-refractivity contribution in [1.29, 1.82) is 5.26 Å². The SMILES string of the molecule is COc1ccc2nc(/C(C#N)=C\c3cn(Cc4cccc([N+](=O)[O-])c4)c4ccccc34)[nH]c2c1. The lowest BCUT2D eigenvalue weighted by atomic mass is 10.1. The Balaban J connectivity index is 1.57. The topological polar surface area (TPSA) is 110 Å². The number of H-pyrrole nitrogens is 1. The number of methoxy groups -OCH3 is 1. The molecule has 8 nitrogen and oxygen atoms in total. The van der Waals surface area contributed by atoms with Crippen molar-refractivity contribution in [2.24, 2.45) is 0 Å². The fraction of sp³-hybridized carbons (Fsp3) is 0.0769. The fourth-order valence-corrected chi connectivity index (χ4v) is 4.04. The Kier molecular flexibility index (Phi) is 5.28. The van der Waals surface area contributed by atoms with Crippen molar-refractivity contribution in [3.63, 3.8) is 0 Å². The highest BCUT2D eigenvalue weighted by atomic mass is 16.6. The molecule has 0 unspecified atom stereocenters. The molecule has 2 aromatic heterocycles. The molecule has 0 bridgehead atoms. The molecule has 0 saturated carbocycles. The summed E-state index contributed by atoms with van der Waals surface area (Å²) in [5, 5.41) is 22.0. The summed E-state index contributed by atoms with van der Waals surface area (Å²) in [6, 6.07) is 22.2. The third-order valence-electron chi connectivity index (χ3n) is 5.66. The van der Waals surface area contributed by atoms with E-state index >= 15 is 0 Å². The maximum absolute atomic E-state index is 11.2. The van der Waals surface area contributed by atoms with Crippen molar-refractivity contribution >= 4 is 39.3 Å². The summed E-state index contributed by atoms with van der Waals surface area (Å²) >= 11 is 0. The van der Waals surface area contributed by atoms with E-state index in [1.807, 2.05) is 59.3 Å². The smallest absolute Gasteiger partial charge is 0.269 e. The van der Waals surface area contributed by atoms with E-state index in [9.17, 15) is 15.4 Å². The van der Waals surface area contributed by atoms with E-state index in [4.69, 9.17) is 4.74 Å². The Morgan fingerprint density at radius 2 is 2.06 bits per heavy atom. The number of nitrogens with one attached hydrogen (secondary N) is 1. The van der Waals surface area contributed by atoms with Gasteiger partial charge in [0.2, 0.25) is 0 Å². The molecule has 34 heavy (non-hydrogen) atoms. The molecular formula is C26H19N5O3. The van der Waals surface area contributed by atoms with Gasteiger partial charge in [-0.3, -0.25) is 10.1 Å². The van der Waals surface area contributed by atoms with Crippen LogP contribution in [0.2, 0.25) is 0 Å². The van der Waals surface area contributed by atoms with E-state index in [1.54, 1.807) is 25.3 Å². The van der Waals surface area contributed by atoms with E-state index in [1.165, 1.54) is 6.07 Å². The van der Waals surface area contributed by atoms with Gasteiger partial charge in [0, 0.05) is 47.4 Å². The van der Waals surface area contributed by atoms with Gasteiger partial charge in [0.1, 0.15) is 17.6 Å². The van der Waals surface area contributed by atoms with Crippen LogP contribution in [-0.2, 0) is 6.54 Å². The Hall–Kier alpha value is -4.90. The lowest BCUT2D eigenvalue weighted by Gasteiger charge is -2.05. The number of imidazole rings is 1. The average Bonchev–Trinajstić information content (AvgIpc) is 3.43. The molecule has 0 amide bonds. The third kappa shape index (κ3) is 3.87. The number of allylic oxidation sites excluding steroid dienone is 1. The second kappa shape index (κ2) is 8.56. The van der Waals surface area contributed by atoms with Gasteiger partial charge in [0.05, 0.1) is 28.6 Å². The normalized spacial score (nSPS) is 11.6. The van der Waals surface area contributed by atoms with Crippen molar-refractivity contribution in [2.45, 2.75) is 6.54 Å². The minimum absolute atomic E-state index is 0.0577.